The molecule has 0 radical (unpaired) electrons. The third-order valence-corrected chi connectivity index (χ3v) is 1.92. The van der Waals surface area contributed by atoms with E-state index in [9.17, 15) is 4.79 Å². The molecule has 0 aliphatic heterocycles. The summed E-state index contributed by atoms with van der Waals surface area (Å²) in [5.74, 6) is -0.170. The van der Waals surface area contributed by atoms with Crippen molar-refractivity contribution in [1.82, 2.24) is 5.43 Å². The first-order chi connectivity index (χ1) is 7.94. The average molecular weight is 234 g/mol. The molecule has 1 rings (SSSR count). The largest absolute Gasteiger partial charge is 0.477 e. The van der Waals surface area contributed by atoms with Gasteiger partial charge in [0.15, 0.2) is 0 Å². The van der Waals surface area contributed by atoms with E-state index in [0.717, 1.165) is 0 Å². The molecule has 0 spiro atoms. The van der Waals surface area contributed by atoms with Gasteiger partial charge in [0.2, 0.25) is 5.78 Å². The molecule has 0 aromatic heterocycles. The SMILES string of the molecule is COC(=NNC(C)(C)C)C(=O)c1ccccc1. The molecule has 0 aliphatic rings. The van der Waals surface area contributed by atoms with Gasteiger partial charge in [0.25, 0.3) is 5.90 Å². The molecule has 1 N–H and O–H groups in total. The standard InChI is InChI=1S/C13H18N2O2/c1-13(2,3)15-14-12(17-4)11(16)10-8-6-5-7-9-10/h5-9,15H,1-4H3. The molecule has 0 saturated carbocycles. The van der Waals surface area contributed by atoms with Gasteiger partial charge in [0, 0.05) is 11.1 Å². The van der Waals surface area contributed by atoms with Crippen molar-refractivity contribution >= 4 is 11.7 Å². The third kappa shape index (κ3) is 4.26. The normalized spacial score (nSPS) is 12.1. The van der Waals surface area contributed by atoms with Crippen LogP contribution in [0.3, 0.4) is 0 Å². The first-order valence-electron chi connectivity index (χ1n) is 5.42. The Bertz CT molecular complexity index is 405. The number of carbonyl (C=O) groups is 1. The van der Waals surface area contributed by atoms with E-state index in [1.54, 1.807) is 24.3 Å². The Morgan fingerprint density at radius 3 is 2.29 bits per heavy atom. The molecule has 0 bridgehead atoms. The summed E-state index contributed by atoms with van der Waals surface area (Å²) in [6, 6.07) is 8.92. The van der Waals surface area contributed by atoms with Crippen molar-refractivity contribution in [2.75, 3.05) is 7.11 Å². The molecule has 17 heavy (non-hydrogen) atoms. The van der Waals surface area contributed by atoms with Gasteiger partial charge in [0.1, 0.15) is 0 Å². The van der Waals surface area contributed by atoms with E-state index in [2.05, 4.69) is 10.5 Å². The van der Waals surface area contributed by atoms with Crippen molar-refractivity contribution in [1.29, 1.82) is 0 Å². The fourth-order valence-corrected chi connectivity index (χ4v) is 1.12. The molecule has 1 aromatic rings. The van der Waals surface area contributed by atoms with E-state index in [-0.39, 0.29) is 17.2 Å². The molecule has 4 nitrogen and oxygen atoms in total. The minimum absolute atomic E-state index is 0.0612. The lowest BCUT2D eigenvalue weighted by atomic mass is 10.1. The first-order valence-corrected chi connectivity index (χ1v) is 5.42. The van der Waals surface area contributed by atoms with Gasteiger partial charge in [-0.25, -0.2) is 0 Å². The van der Waals surface area contributed by atoms with Gasteiger partial charge in [-0.2, -0.15) is 0 Å². The summed E-state index contributed by atoms with van der Waals surface area (Å²) >= 11 is 0. The van der Waals surface area contributed by atoms with E-state index in [1.807, 2.05) is 26.8 Å². The van der Waals surface area contributed by atoms with Crippen molar-refractivity contribution in [3.63, 3.8) is 0 Å². The van der Waals surface area contributed by atoms with Crippen LogP contribution in [-0.2, 0) is 4.74 Å². The molecule has 1 aromatic carbocycles. The van der Waals surface area contributed by atoms with Crippen molar-refractivity contribution in [3.05, 3.63) is 35.9 Å². The lowest BCUT2D eigenvalue weighted by molar-refractivity contribution is 0.103. The maximum atomic E-state index is 12.0. The fourth-order valence-electron chi connectivity index (χ4n) is 1.12. The third-order valence-electron chi connectivity index (χ3n) is 1.92. The fraction of sp³-hybridized carbons (Fsp3) is 0.385. The lowest BCUT2D eigenvalue weighted by Gasteiger charge is -2.18. The zero-order valence-corrected chi connectivity index (χ0v) is 10.7. The zero-order valence-electron chi connectivity index (χ0n) is 10.7. The van der Waals surface area contributed by atoms with Gasteiger partial charge in [-0.15, -0.1) is 5.10 Å². The summed E-state index contributed by atoms with van der Waals surface area (Å²) in [6.07, 6.45) is 0. The highest BCUT2D eigenvalue weighted by Crippen LogP contribution is 2.03. The number of Topliss-reactive ketones (excluding diaryl/α,β-unsaturated/α-hetero) is 1. The Labute approximate surface area is 102 Å². The van der Waals surface area contributed by atoms with Crippen LogP contribution in [-0.4, -0.2) is 24.3 Å². The predicted octanol–water partition coefficient (Wildman–Crippen LogP) is 2.22. The Morgan fingerprint density at radius 1 is 1.24 bits per heavy atom. The van der Waals surface area contributed by atoms with E-state index in [0.29, 0.717) is 5.56 Å². The second-order valence-electron chi connectivity index (χ2n) is 4.68. The Hall–Kier alpha value is -1.84. The van der Waals surface area contributed by atoms with Gasteiger partial charge in [-0.3, -0.25) is 4.79 Å². The Kier molecular flexibility index (Phi) is 4.26. The number of hydrogen-bond donors (Lipinski definition) is 1. The highest BCUT2D eigenvalue weighted by molar-refractivity contribution is 6.42. The van der Waals surface area contributed by atoms with Gasteiger partial charge in [0.05, 0.1) is 7.11 Å². The second kappa shape index (κ2) is 5.48. The molecule has 0 heterocycles. The molecule has 0 saturated heterocycles. The minimum atomic E-state index is -0.232. The maximum Gasteiger partial charge on any atom is 0.279 e. The maximum absolute atomic E-state index is 12.0. The summed E-state index contributed by atoms with van der Waals surface area (Å²) < 4.78 is 5.00. The number of nitrogens with zero attached hydrogens (tertiary/aromatic N) is 1. The van der Waals surface area contributed by atoms with Crippen LogP contribution < -0.4 is 5.43 Å². The molecular weight excluding hydrogens is 216 g/mol. The Balaban J connectivity index is 2.85. The van der Waals surface area contributed by atoms with Crippen molar-refractivity contribution in [2.24, 2.45) is 5.10 Å². The van der Waals surface area contributed by atoms with E-state index >= 15 is 0 Å². The van der Waals surface area contributed by atoms with Crippen LogP contribution in [0.5, 0.6) is 0 Å². The number of benzene rings is 1. The number of ether oxygens (including phenoxy) is 1. The van der Waals surface area contributed by atoms with Gasteiger partial charge >= 0.3 is 0 Å². The van der Waals surface area contributed by atoms with Gasteiger partial charge in [-0.05, 0) is 20.8 Å². The van der Waals surface area contributed by atoms with E-state index in [4.69, 9.17) is 4.74 Å². The molecule has 0 aliphatic carbocycles. The van der Waals surface area contributed by atoms with Crippen molar-refractivity contribution < 1.29 is 9.53 Å². The molecule has 0 unspecified atom stereocenters. The first kappa shape index (κ1) is 13.2. The highest BCUT2D eigenvalue weighted by Gasteiger charge is 2.16. The summed E-state index contributed by atoms with van der Waals surface area (Å²) in [4.78, 5) is 12.0. The number of hydrogen-bond acceptors (Lipinski definition) is 4. The van der Waals surface area contributed by atoms with Crippen LogP contribution in [0.1, 0.15) is 31.1 Å². The molecule has 0 fully saturated rings. The van der Waals surface area contributed by atoms with Crippen LogP contribution >= 0.6 is 0 Å². The molecule has 92 valence electrons. The zero-order chi connectivity index (χ0) is 12.9. The predicted molar refractivity (Wildman–Crippen MR) is 68.1 cm³/mol. The number of ketones is 1. The van der Waals surface area contributed by atoms with Crippen molar-refractivity contribution in [3.8, 4) is 0 Å². The monoisotopic (exact) mass is 234 g/mol. The van der Waals surface area contributed by atoms with Crippen LogP contribution in [0.2, 0.25) is 0 Å². The van der Waals surface area contributed by atoms with Gasteiger partial charge < -0.3 is 10.2 Å². The van der Waals surface area contributed by atoms with E-state index < -0.39 is 0 Å². The summed E-state index contributed by atoms with van der Waals surface area (Å²) in [5.41, 5.74) is 3.22. The highest BCUT2D eigenvalue weighted by atomic mass is 16.5. The second-order valence-corrected chi connectivity index (χ2v) is 4.68. The van der Waals surface area contributed by atoms with Crippen LogP contribution in [0.15, 0.2) is 35.4 Å². The number of carbonyl (C=O) groups excluding carboxylic acids is 1. The number of hydrazone groups is 1. The van der Waals surface area contributed by atoms with Crippen LogP contribution in [0, 0.1) is 0 Å². The quantitative estimate of drug-likeness (QED) is 0.377. The number of rotatable bonds is 3. The number of methoxy groups -OCH3 is 1. The topological polar surface area (TPSA) is 50.7 Å². The van der Waals surface area contributed by atoms with E-state index in [1.165, 1.54) is 7.11 Å². The molecular formula is C13H18N2O2. The van der Waals surface area contributed by atoms with Crippen LogP contribution in [0.25, 0.3) is 0 Å². The summed E-state index contributed by atoms with van der Waals surface area (Å²) in [6.45, 7) is 5.87. The minimum Gasteiger partial charge on any atom is -0.477 e. The lowest BCUT2D eigenvalue weighted by Crippen LogP contribution is -2.33. The molecule has 4 heteroatoms. The van der Waals surface area contributed by atoms with Gasteiger partial charge in [-0.1, -0.05) is 30.3 Å². The molecule has 0 amide bonds. The van der Waals surface area contributed by atoms with Crippen LogP contribution in [0.4, 0.5) is 0 Å². The number of nitrogens with one attached hydrogen (secondary N) is 1. The molecule has 0 atom stereocenters. The Morgan fingerprint density at radius 2 is 1.82 bits per heavy atom. The smallest absolute Gasteiger partial charge is 0.279 e. The summed E-state index contributed by atoms with van der Waals surface area (Å²) in [5, 5.41) is 3.98. The van der Waals surface area contributed by atoms with Crippen molar-refractivity contribution in [2.45, 2.75) is 26.3 Å². The average Bonchev–Trinajstić information content (AvgIpc) is 2.29. The summed E-state index contributed by atoms with van der Waals surface area (Å²) in [7, 11) is 1.43.